The van der Waals surface area contributed by atoms with Gasteiger partial charge in [-0.3, -0.25) is 4.79 Å². The van der Waals surface area contributed by atoms with E-state index in [-0.39, 0.29) is 11.3 Å². The van der Waals surface area contributed by atoms with Crippen molar-refractivity contribution in [1.82, 2.24) is 0 Å². The van der Waals surface area contributed by atoms with Crippen LogP contribution in [0.1, 0.15) is 92.4 Å². The van der Waals surface area contributed by atoms with Crippen LogP contribution in [0, 0.1) is 52.3 Å². The van der Waals surface area contributed by atoms with Crippen LogP contribution in [0.25, 0.3) is 0 Å². The number of carboxylic acids is 1. The number of carboxylic acid groups (broad SMARTS) is 1. The Morgan fingerprint density at radius 3 is 2.60 bits per heavy atom. The van der Waals surface area contributed by atoms with Gasteiger partial charge in [0, 0.05) is 12.5 Å². The molecule has 1 N–H and O–H groups in total. The Bertz CT molecular complexity index is 671. The average molecular weight is 414 g/mol. The van der Waals surface area contributed by atoms with E-state index in [1.165, 1.54) is 50.2 Å². The zero-order valence-electron chi connectivity index (χ0n) is 19.9. The summed E-state index contributed by atoms with van der Waals surface area (Å²) in [6.45, 7) is 11.7. The Hall–Kier alpha value is -1.56. The quantitative estimate of drug-likeness (QED) is 0.300. The lowest BCUT2D eigenvalue weighted by Gasteiger charge is -2.50. The van der Waals surface area contributed by atoms with Crippen molar-refractivity contribution in [1.29, 1.82) is 5.26 Å². The summed E-state index contributed by atoms with van der Waals surface area (Å²) >= 11 is 0. The van der Waals surface area contributed by atoms with Crippen LogP contribution in [0.4, 0.5) is 0 Å². The summed E-state index contributed by atoms with van der Waals surface area (Å²) in [5.41, 5.74) is 1.61. The van der Waals surface area contributed by atoms with E-state index in [0.717, 1.165) is 30.6 Å². The number of hydrogen-bond donors (Lipinski definition) is 1. The molecule has 2 saturated carbocycles. The summed E-state index contributed by atoms with van der Waals surface area (Å²) in [6.07, 6.45) is 15.4. The minimum absolute atomic E-state index is 0.241. The molecule has 0 aromatic rings. The molecular weight excluding hydrogens is 370 g/mol. The predicted molar refractivity (Wildman–Crippen MR) is 124 cm³/mol. The molecule has 0 spiro atoms. The van der Waals surface area contributed by atoms with Crippen LogP contribution in [0.3, 0.4) is 0 Å². The number of nitrogens with zero attached hydrogens (tertiary/aromatic N) is 1. The van der Waals surface area contributed by atoms with Gasteiger partial charge in [-0.25, -0.2) is 0 Å². The highest BCUT2D eigenvalue weighted by atomic mass is 16.4. The maximum Gasteiger partial charge on any atom is 0.303 e. The normalized spacial score (nSPS) is 32.9. The molecule has 3 nitrogen and oxygen atoms in total. The van der Waals surface area contributed by atoms with Gasteiger partial charge in [-0.2, -0.15) is 5.26 Å². The predicted octanol–water partition coefficient (Wildman–Crippen LogP) is 7.40. The molecule has 0 aliphatic heterocycles. The first-order chi connectivity index (χ1) is 14.2. The van der Waals surface area contributed by atoms with Gasteiger partial charge < -0.3 is 5.11 Å². The molecule has 2 fully saturated rings. The van der Waals surface area contributed by atoms with Crippen molar-refractivity contribution in [3.63, 3.8) is 0 Å². The van der Waals surface area contributed by atoms with Crippen LogP contribution in [0.5, 0.6) is 0 Å². The molecule has 6 atom stereocenters. The van der Waals surface area contributed by atoms with E-state index < -0.39 is 5.97 Å². The summed E-state index contributed by atoms with van der Waals surface area (Å²) in [5, 5.41) is 18.4. The number of aliphatic carboxylic acids is 1. The second-order valence-electron chi connectivity index (χ2n) is 10.7. The fraction of sp³-hybridized carbons (Fsp3) is 0.778. The second kappa shape index (κ2) is 11.2. The molecule has 0 saturated heterocycles. The van der Waals surface area contributed by atoms with E-state index in [1.807, 2.05) is 12.1 Å². The van der Waals surface area contributed by atoms with Crippen molar-refractivity contribution >= 4 is 5.97 Å². The lowest BCUT2D eigenvalue weighted by atomic mass is 9.54. The van der Waals surface area contributed by atoms with Crippen molar-refractivity contribution in [2.45, 2.75) is 92.4 Å². The van der Waals surface area contributed by atoms with Gasteiger partial charge in [-0.05, 0) is 80.0 Å². The Morgan fingerprint density at radius 1 is 1.23 bits per heavy atom. The van der Waals surface area contributed by atoms with Crippen LogP contribution < -0.4 is 0 Å². The van der Waals surface area contributed by atoms with Crippen LogP contribution in [0.2, 0.25) is 0 Å². The molecule has 0 heterocycles. The maximum absolute atomic E-state index is 11.8. The number of nitriles is 1. The van der Waals surface area contributed by atoms with Crippen molar-refractivity contribution in [2.75, 3.05) is 0 Å². The molecule has 0 aromatic carbocycles. The number of rotatable bonds is 10. The number of carbonyl (C=O) groups is 1. The average Bonchev–Trinajstić information content (AvgIpc) is 3.02. The zero-order chi connectivity index (χ0) is 22.3. The molecular formula is C27H43NO2. The topological polar surface area (TPSA) is 61.1 Å². The summed E-state index contributed by atoms with van der Waals surface area (Å²) < 4.78 is 0. The first-order valence-corrected chi connectivity index (χ1v) is 12.1. The molecule has 3 heteroatoms. The summed E-state index contributed by atoms with van der Waals surface area (Å²) in [5.74, 6) is 2.71. The Morgan fingerprint density at radius 2 is 1.97 bits per heavy atom. The SMILES string of the molecule is C/C(=C/C/C=C\C#N)[C@H]1CC[C@]2(C)[C@@H](C(C)CCCC(C)C)CC[C@H]2[C@@H]1CC(=O)O. The van der Waals surface area contributed by atoms with Crippen LogP contribution in [-0.4, -0.2) is 11.1 Å². The van der Waals surface area contributed by atoms with Crippen molar-refractivity contribution in [2.24, 2.45) is 40.9 Å². The van der Waals surface area contributed by atoms with Gasteiger partial charge in [0.05, 0.1) is 6.07 Å². The molecule has 2 rings (SSSR count). The zero-order valence-corrected chi connectivity index (χ0v) is 19.9. The lowest BCUT2D eigenvalue weighted by molar-refractivity contribution is -0.140. The van der Waals surface area contributed by atoms with Crippen molar-refractivity contribution in [3.05, 3.63) is 23.8 Å². The molecule has 0 radical (unpaired) electrons. The van der Waals surface area contributed by atoms with E-state index in [4.69, 9.17) is 5.26 Å². The molecule has 0 amide bonds. The number of hydrogen-bond acceptors (Lipinski definition) is 2. The highest BCUT2D eigenvalue weighted by molar-refractivity contribution is 5.67. The standard InChI is InChI=1S/C27H43NO2/c1-19(2)10-9-12-21(4)24-13-14-25-23(18-26(29)30)22(15-16-27(24,25)5)20(3)11-7-6-8-17-28/h6,8,11,19,21-25H,7,9-10,12-16,18H2,1-5H3,(H,29,30)/b8-6-,20-11-/t21?,22-,23-,24-,25+,27-/m1/s1. The third-order valence-corrected chi connectivity index (χ3v) is 8.40. The minimum Gasteiger partial charge on any atom is -0.481 e. The Labute approximate surface area is 184 Å². The first-order valence-electron chi connectivity index (χ1n) is 12.1. The van der Waals surface area contributed by atoms with E-state index in [0.29, 0.717) is 18.3 Å². The maximum atomic E-state index is 11.8. The monoisotopic (exact) mass is 413 g/mol. The van der Waals surface area contributed by atoms with E-state index >= 15 is 0 Å². The smallest absolute Gasteiger partial charge is 0.303 e. The lowest BCUT2D eigenvalue weighted by Crippen LogP contribution is -2.43. The summed E-state index contributed by atoms with van der Waals surface area (Å²) in [4.78, 5) is 11.8. The minimum atomic E-state index is -0.653. The number of allylic oxidation sites excluding steroid dienone is 4. The van der Waals surface area contributed by atoms with Crippen molar-refractivity contribution in [3.8, 4) is 6.07 Å². The summed E-state index contributed by atoms with van der Waals surface area (Å²) in [6, 6.07) is 2.04. The molecule has 1 unspecified atom stereocenters. The van der Waals surface area contributed by atoms with E-state index in [9.17, 15) is 9.90 Å². The third-order valence-electron chi connectivity index (χ3n) is 8.40. The molecule has 2 aliphatic rings. The van der Waals surface area contributed by atoms with Crippen LogP contribution in [-0.2, 0) is 4.79 Å². The number of fused-ring (bicyclic) bond motifs is 1. The van der Waals surface area contributed by atoms with Gasteiger partial charge in [-0.15, -0.1) is 0 Å². The molecule has 30 heavy (non-hydrogen) atoms. The molecule has 0 aromatic heterocycles. The van der Waals surface area contributed by atoms with Crippen molar-refractivity contribution < 1.29 is 9.90 Å². The highest BCUT2D eigenvalue weighted by Crippen LogP contribution is 2.62. The molecule has 2 aliphatic carbocycles. The van der Waals surface area contributed by atoms with Gasteiger partial charge >= 0.3 is 5.97 Å². The van der Waals surface area contributed by atoms with E-state index in [2.05, 4.69) is 40.7 Å². The third kappa shape index (κ3) is 5.99. The van der Waals surface area contributed by atoms with Crippen LogP contribution in [0.15, 0.2) is 23.8 Å². The summed E-state index contributed by atoms with van der Waals surface area (Å²) in [7, 11) is 0. The van der Waals surface area contributed by atoms with Gasteiger partial charge in [0.2, 0.25) is 0 Å². The van der Waals surface area contributed by atoms with Gasteiger partial charge in [0.1, 0.15) is 0 Å². The van der Waals surface area contributed by atoms with Crippen LogP contribution >= 0.6 is 0 Å². The Balaban J connectivity index is 2.16. The Kier molecular flexibility index (Phi) is 9.20. The largest absolute Gasteiger partial charge is 0.481 e. The fourth-order valence-electron chi connectivity index (χ4n) is 6.89. The first kappa shape index (κ1) is 24.7. The second-order valence-corrected chi connectivity index (χ2v) is 10.7. The highest BCUT2D eigenvalue weighted by Gasteiger charge is 2.55. The fourth-order valence-corrected chi connectivity index (χ4v) is 6.89. The molecule has 168 valence electrons. The van der Waals surface area contributed by atoms with E-state index in [1.54, 1.807) is 0 Å². The van der Waals surface area contributed by atoms with Gasteiger partial charge in [0.25, 0.3) is 0 Å². The van der Waals surface area contributed by atoms with Gasteiger partial charge in [-0.1, -0.05) is 64.7 Å². The van der Waals surface area contributed by atoms with Gasteiger partial charge in [0.15, 0.2) is 0 Å². The molecule has 0 bridgehead atoms.